The molecule has 2 unspecified atom stereocenters. The summed E-state index contributed by atoms with van der Waals surface area (Å²) in [4.78, 5) is 40.7. The van der Waals surface area contributed by atoms with Crippen molar-refractivity contribution < 1.29 is 42.9 Å². The van der Waals surface area contributed by atoms with Gasteiger partial charge in [-0.1, -0.05) is 36.4 Å². The molecule has 0 aromatic heterocycles. The first kappa shape index (κ1) is 33.7. The van der Waals surface area contributed by atoms with Crippen molar-refractivity contribution in [2.24, 2.45) is 11.8 Å². The number of nitrogens with zero attached hydrogens (tertiary/aromatic N) is 2. The van der Waals surface area contributed by atoms with Crippen molar-refractivity contribution in [3.05, 3.63) is 101 Å². The van der Waals surface area contributed by atoms with Gasteiger partial charge in [-0.15, -0.1) is 0 Å². The van der Waals surface area contributed by atoms with Crippen LogP contribution >= 0.6 is 0 Å². The molecule has 3 aliphatic rings. The van der Waals surface area contributed by atoms with Crippen LogP contribution in [-0.4, -0.2) is 71.4 Å². The summed E-state index contributed by atoms with van der Waals surface area (Å²) in [6, 6.07) is 19.2. The first-order valence-electron chi connectivity index (χ1n) is 16.5. The lowest BCUT2D eigenvalue weighted by Gasteiger charge is -2.48. The van der Waals surface area contributed by atoms with E-state index in [2.05, 4.69) is 0 Å². The fourth-order valence-corrected chi connectivity index (χ4v) is 6.86. The van der Waals surface area contributed by atoms with Crippen LogP contribution in [0, 0.1) is 23.5 Å². The van der Waals surface area contributed by atoms with Crippen molar-refractivity contribution in [2.75, 3.05) is 37.8 Å². The molecule has 48 heavy (non-hydrogen) atoms. The van der Waals surface area contributed by atoms with E-state index < -0.39 is 35.3 Å². The number of carboxylic acids is 1. The van der Waals surface area contributed by atoms with Crippen molar-refractivity contribution in [1.82, 2.24) is 4.90 Å². The fourth-order valence-electron chi connectivity index (χ4n) is 6.86. The van der Waals surface area contributed by atoms with Crippen molar-refractivity contribution >= 4 is 23.5 Å². The number of carboxylic acid groups (broad SMARTS) is 1. The Bertz CT molecular complexity index is 1590. The highest BCUT2D eigenvalue weighted by molar-refractivity contribution is 6.03. The number of aliphatic hydroxyl groups is 1. The van der Waals surface area contributed by atoms with Gasteiger partial charge in [-0.2, -0.15) is 0 Å². The molecular formula is C37H40F2N2O7. The number of piperidine rings is 1. The van der Waals surface area contributed by atoms with E-state index in [1.54, 1.807) is 34.1 Å². The van der Waals surface area contributed by atoms with Crippen LogP contribution in [0.25, 0.3) is 0 Å². The number of anilines is 1. The summed E-state index contributed by atoms with van der Waals surface area (Å²) >= 11 is 0. The summed E-state index contributed by atoms with van der Waals surface area (Å²) in [7, 11) is 0. The number of amides is 2. The van der Waals surface area contributed by atoms with E-state index in [0.29, 0.717) is 76.1 Å². The molecule has 3 heterocycles. The zero-order valence-corrected chi connectivity index (χ0v) is 26.6. The predicted molar refractivity (Wildman–Crippen MR) is 172 cm³/mol. The molecule has 3 aromatic rings. The second-order valence-electron chi connectivity index (χ2n) is 13.1. The van der Waals surface area contributed by atoms with Gasteiger partial charge in [0, 0.05) is 18.8 Å². The first-order valence-corrected chi connectivity index (χ1v) is 16.5. The molecule has 3 saturated heterocycles. The fraction of sp³-hybridized carbons (Fsp3) is 0.432. The van der Waals surface area contributed by atoms with Gasteiger partial charge in [0.25, 0.3) is 0 Å². The van der Waals surface area contributed by atoms with E-state index in [9.17, 15) is 33.4 Å². The van der Waals surface area contributed by atoms with Crippen molar-refractivity contribution in [3.8, 4) is 0 Å². The Balaban J connectivity index is 1.08. The average Bonchev–Trinajstić information content (AvgIpc) is 3.08. The molecule has 3 fully saturated rings. The molecule has 3 atom stereocenters. The van der Waals surface area contributed by atoms with Gasteiger partial charge in [0.05, 0.1) is 37.2 Å². The first-order chi connectivity index (χ1) is 23.1. The third-order valence-corrected chi connectivity index (χ3v) is 9.94. The Morgan fingerprint density at radius 3 is 2.15 bits per heavy atom. The molecular weight excluding hydrogens is 622 g/mol. The van der Waals surface area contributed by atoms with E-state index in [-0.39, 0.29) is 30.3 Å². The molecule has 11 heteroatoms. The summed E-state index contributed by atoms with van der Waals surface area (Å²) in [5.74, 6) is -2.65. The third kappa shape index (κ3) is 7.43. The number of hydrogen-bond donors (Lipinski definition) is 2. The smallest absolute Gasteiger partial charge is 0.306 e. The number of benzene rings is 3. The zero-order valence-electron chi connectivity index (χ0n) is 26.6. The highest BCUT2D eigenvalue weighted by Gasteiger charge is 2.48. The topological polar surface area (TPSA) is 117 Å². The van der Waals surface area contributed by atoms with Gasteiger partial charge in [0.1, 0.15) is 23.8 Å². The molecule has 3 aromatic carbocycles. The van der Waals surface area contributed by atoms with Gasteiger partial charge >= 0.3 is 5.97 Å². The molecule has 0 spiro atoms. The van der Waals surface area contributed by atoms with Crippen molar-refractivity contribution in [3.63, 3.8) is 0 Å². The highest BCUT2D eigenvalue weighted by atomic mass is 19.1. The number of likely N-dealkylation sites (tertiary alicyclic amines) is 1. The number of carbonyl (C=O) groups excluding carboxylic acids is 2. The molecule has 6 rings (SSSR count). The molecule has 2 amide bonds. The van der Waals surface area contributed by atoms with E-state index in [0.717, 1.165) is 11.1 Å². The van der Waals surface area contributed by atoms with Crippen LogP contribution < -0.4 is 4.90 Å². The standard InChI is InChI=1S/C37H40F2N2O7/c38-28-7-5-25(6-8-28)32(42)14-13-31-34(41(35(31)44)30-11-9-29(39)10-12-30)26-3-1-24(2-4-26)15-18-37(22-47-23-37)48-21-33(43)40-19-16-27(17-20-40)36(45)46/h1-12,27,31-32,34,42H,13-23H2,(H,45,46)/t31-,32?,34?/m1/s1. The molecule has 2 N–H and O–H groups in total. The number of β-lactam (4-membered cyclic amide) rings is 1. The number of rotatable bonds is 13. The molecule has 254 valence electrons. The lowest BCUT2D eigenvalue weighted by molar-refractivity contribution is -0.214. The minimum atomic E-state index is -0.842. The third-order valence-electron chi connectivity index (χ3n) is 9.94. The van der Waals surface area contributed by atoms with Gasteiger partial charge < -0.3 is 29.5 Å². The number of halogens is 2. The zero-order chi connectivity index (χ0) is 33.8. The Morgan fingerprint density at radius 2 is 1.56 bits per heavy atom. The van der Waals surface area contributed by atoms with Crippen molar-refractivity contribution in [2.45, 2.75) is 56.3 Å². The second-order valence-corrected chi connectivity index (χ2v) is 13.1. The maximum atomic E-state index is 13.7. The maximum Gasteiger partial charge on any atom is 0.306 e. The van der Waals surface area contributed by atoms with E-state index >= 15 is 0 Å². The maximum absolute atomic E-state index is 13.7. The Hall–Kier alpha value is -4.19. The van der Waals surface area contributed by atoms with E-state index in [1.165, 1.54) is 24.3 Å². The quantitative estimate of drug-likeness (QED) is 0.241. The van der Waals surface area contributed by atoms with Gasteiger partial charge in [0.15, 0.2) is 0 Å². The monoisotopic (exact) mass is 662 g/mol. The summed E-state index contributed by atoms with van der Waals surface area (Å²) in [5, 5.41) is 19.9. The second kappa shape index (κ2) is 14.5. The molecule has 3 aliphatic heterocycles. The van der Waals surface area contributed by atoms with Gasteiger partial charge in [-0.05, 0) is 91.6 Å². The minimum absolute atomic E-state index is 0.0772. The molecule has 0 aliphatic carbocycles. The number of aliphatic carboxylic acids is 1. The normalized spacial score (nSPS) is 21.4. The van der Waals surface area contributed by atoms with E-state index in [1.807, 2.05) is 24.3 Å². The predicted octanol–water partition coefficient (Wildman–Crippen LogP) is 5.22. The Morgan fingerprint density at radius 1 is 0.938 bits per heavy atom. The van der Waals surface area contributed by atoms with Crippen molar-refractivity contribution in [1.29, 1.82) is 0 Å². The van der Waals surface area contributed by atoms with Crippen LogP contribution in [0.1, 0.15) is 60.9 Å². The largest absolute Gasteiger partial charge is 0.481 e. The van der Waals surface area contributed by atoms with Crippen LogP contribution in [0.3, 0.4) is 0 Å². The molecule has 0 bridgehead atoms. The Labute approximate surface area is 278 Å². The van der Waals surface area contributed by atoms with Gasteiger partial charge in [-0.3, -0.25) is 14.4 Å². The SMILES string of the molecule is O=C(O)C1CCN(C(=O)COC2(CCc3ccc(C4[C@@H](CCC(O)c5ccc(F)cc5)C(=O)N4c4ccc(F)cc4)cc3)COC2)CC1. The van der Waals surface area contributed by atoms with Crippen LogP contribution in [-0.2, 0) is 30.3 Å². The van der Waals surface area contributed by atoms with Crippen LogP contribution in [0.15, 0.2) is 72.8 Å². The number of aryl methyl sites for hydroxylation is 1. The van der Waals surface area contributed by atoms with Gasteiger partial charge in [0.2, 0.25) is 11.8 Å². The molecule has 0 saturated carbocycles. The summed E-state index contributed by atoms with van der Waals surface area (Å²) in [6.45, 7) is 1.53. The lowest BCUT2D eigenvalue weighted by atomic mass is 9.78. The van der Waals surface area contributed by atoms with E-state index in [4.69, 9.17) is 9.47 Å². The number of hydrogen-bond acceptors (Lipinski definition) is 6. The summed E-state index contributed by atoms with van der Waals surface area (Å²) in [5.41, 5.74) is 2.58. The van der Waals surface area contributed by atoms with Crippen LogP contribution in [0.2, 0.25) is 0 Å². The number of carbonyl (C=O) groups is 3. The van der Waals surface area contributed by atoms with Crippen LogP contribution in [0.5, 0.6) is 0 Å². The number of ether oxygens (including phenoxy) is 2. The lowest BCUT2D eigenvalue weighted by Crippen LogP contribution is -2.55. The Kier molecular flexibility index (Phi) is 10.2. The van der Waals surface area contributed by atoms with Crippen LogP contribution in [0.4, 0.5) is 14.5 Å². The highest BCUT2D eigenvalue weighted by Crippen LogP contribution is 2.46. The van der Waals surface area contributed by atoms with Gasteiger partial charge in [-0.25, -0.2) is 8.78 Å². The summed E-state index contributed by atoms with van der Waals surface area (Å²) in [6.07, 6.45) is 2.11. The minimum Gasteiger partial charge on any atom is -0.481 e. The average molecular weight is 663 g/mol. The molecule has 0 radical (unpaired) electrons. The number of aliphatic hydroxyl groups excluding tert-OH is 1. The summed E-state index contributed by atoms with van der Waals surface area (Å²) < 4.78 is 38.6. The molecule has 9 nitrogen and oxygen atoms in total.